The minimum atomic E-state index is -0.968. The third-order valence-corrected chi connectivity index (χ3v) is 4.78. The minimum Gasteiger partial charge on any atom is -0.478 e. The Morgan fingerprint density at radius 3 is 2.55 bits per heavy atom. The molecule has 0 atom stereocenters. The largest absolute Gasteiger partial charge is 0.478 e. The molecule has 0 aliphatic heterocycles. The highest BCUT2D eigenvalue weighted by Crippen LogP contribution is 2.31. The van der Waals surface area contributed by atoms with Gasteiger partial charge in [0.05, 0.1) is 16.6 Å². The summed E-state index contributed by atoms with van der Waals surface area (Å²) < 4.78 is 2.21. The fourth-order valence-corrected chi connectivity index (χ4v) is 3.39. The second-order valence-electron chi connectivity index (χ2n) is 6.66. The number of nitrogens with one attached hydrogen (secondary N) is 1. The van der Waals surface area contributed by atoms with E-state index in [9.17, 15) is 9.90 Å². The average molecular weight is 401 g/mol. The van der Waals surface area contributed by atoms with Crippen LogP contribution in [0, 0.1) is 0 Å². The number of hydrogen-bond acceptors (Lipinski definition) is 5. The number of aromatic carboxylic acids is 1. The molecule has 29 heavy (non-hydrogen) atoms. The molecule has 0 amide bonds. The van der Waals surface area contributed by atoms with Crippen LogP contribution in [0.15, 0.2) is 18.2 Å². The third kappa shape index (κ3) is 4.85. The number of carboxylic acid groups (broad SMARTS) is 1. The van der Waals surface area contributed by atoms with Crippen LogP contribution < -0.4 is 5.32 Å². The SMILES string of the molecule is CC.CCCCc1nc2c(NC)nc3cc(C(=O)O)ccc3c2n1CCCCO. The Bertz CT molecular complexity index is 966. The van der Waals surface area contributed by atoms with Gasteiger partial charge in [0, 0.05) is 32.0 Å². The first-order valence-electron chi connectivity index (χ1n) is 10.5. The van der Waals surface area contributed by atoms with Crippen LogP contribution >= 0.6 is 0 Å². The molecule has 3 N–H and O–H groups in total. The highest BCUT2D eigenvalue weighted by molar-refractivity contribution is 6.08. The van der Waals surface area contributed by atoms with E-state index in [1.807, 2.05) is 19.9 Å². The van der Waals surface area contributed by atoms with Crippen molar-refractivity contribution in [2.45, 2.75) is 59.4 Å². The maximum absolute atomic E-state index is 11.3. The number of imidazole rings is 1. The van der Waals surface area contributed by atoms with Crippen LogP contribution in [0.4, 0.5) is 5.82 Å². The van der Waals surface area contributed by atoms with Gasteiger partial charge in [-0.25, -0.2) is 14.8 Å². The van der Waals surface area contributed by atoms with Crippen molar-refractivity contribution in [1.82, 2.24) is 14.5 Å². The van der Waals surface area contributed by atoms with Crippen LogP contribution in [-0.2, 0) is 13.0 Å². The van der Waals surface area contributed by atoms with Crippen LogP contribution in [0.2, 0.25) is 0 Å². The van der Waals surface area contributed by atoms with Gasteiger partial charge >= 0.3 is 5.97 Å². The lowest BCUT2D eigenvalue weighted by Gasteiger charge is -2.11. The first kappa shape index (κ1) is 22.6. The average Bonchev–Trinajstić information content (AvgIpc) is 3.11. The number of fused-ring (bicyclic) bond motifs is 3. The van der Waals surface area contributed by atoms with Crippen molar-refractivity contribution in [1.29, 1.82) is 0 Å². The smallest absolute Gasteiger partial charge is 0.335 e. The summed E-state index contributed by atoms with van der Waals surface area (Å²) in [5.41, 5.74) is 2.64. The van der Waals surface area contributed by atoms with Crippen LogP contribution in [0.5, 0.6) is 0 Å². The molecular formula is C22H32N4O3. The molecule has 3 aromatic rings. The number of rotatable bonds is 9. The molecule has 2 aromatic heterocycles. The monoisotopic (exact) mass is 400 g/mol. The van der Waals surface area contributed by atoms with Gasteiger partial charge in [-0.3, -0.25) is 0 Å². The zero-order valence-electron chi connectivity index (χ0n) is 17.8. The first-order valence-corrected chi connectivity index (χ1v) is 10.5. The Morgan fingerprint density at radius 2 is 1.93 bits per heavy atom. The number of aliphatic hydroxyl groups excluding tert-OH is 1. The zero-order chi connectivity index (χ0) is 21.4. The van der Waals surface area contributed by atoms with Gasteiger partial charge in [0.15, 0.2) is 5.82 Å². The number of pyridine rings is 1. The number of hydrogen-bond donors (Lipinski definition) is 3. The number of anilines is 1. The van der Waals surface area contributed by atoms with Crippen molar-refractivity contribution in [2.24, 2.45) is 0 Å². The van der Waals surface area contributed by atoms with Gasteiger partial charge in [-0.1, -0.05) is 27.2 Å². The quantitative estimate of drug-likeness (QED) is 0.458. The van der Waals surface area contributed by atoms with Gasteiger partial charge in [-0.15, -0.1) is 0 Å². The van der Waals surface area contributed by atoms with Crippen LogP contribution in [0.1, 0.15) is 62.6 Å². The number of benzene rings is 1. The van der Waals surface area contributed by atoms with Crippen molar-refractivity contribution in [2.75, 3.05) is 19.0 Å². The molecule has 0 saturated carbocycles. The Hall–Kier alpha value is -2.67. The molecule has 1 aromatic carbocycles. The van der Waals surface area contributed by atoms with Gasteiger partial charge in [0.1, 0.15) is 11.3 Å². The lowest BCUT2D eigenvalue weighted by atomic mass is 10.1. The molecule has 0 aliphatic carbocycles. The molecule has 2 heterocycles. The molecule has 7 heteroatoms. The number of nitrogens with zero attached hydrogens (tertiary/aromatic N) is 3. The first-order chi connectivity index (χ1) is 14.1. The summed E-state index contributed by atoms with van der Waals surface area (Å²) in [5, 5.41) is 22.5. The molecule has 7 nitrogen and oxygen atoms in total. The van der Waals surface area contributed by atoms with Gasteiger partial charge < -0.3 is 20.1 Å². The van der Waals surface area contributed by atoms with Crippen molar-refractivity contribution >= 4 is 33.7 Å². The van der Waals surface area contributed by atoms with E-state index in [1.54, 1.807) is 19.2 Å². The number of aliphatic hydroxyl groups is 1. The van der Waals surface area contributed by atoms with Gasteiger partial charge in [0.2, 0.25) is 0 Å². The van der Waals surface area contributed by atoms with Crippen molar-refractivity contribution in [3.05, 3.63) is 29.6 Å². The van der Waals surface area contributed by atoms with Crippen molar-refractivity contribution in [3.8, 4) is 0 Å². The maximum Gasteiger partial charge on any atom is 0.335 e. The summed E-state index contributed by atoms with van der Waals surface area (Å²) >= 11 is 0. The second kappa shape index (κ2) is 10.8. The summed E-state index contributed by atoms with van der Waals surface area (Å²) in [4.78, 5) is 20.8. The minimum absolute atomic E-state index is 0.170. The molecule has 3 rings (SSSR count). The number of aryl methyl sites for hydroxylation is 2. The number of aromatic nitrogens is 3. The van der Waals surface area contributed by atoms with E-state index in [0.29, 0.717) is 11.3 Å². The highest BCUT2D eigenvalue weighted by atomic mass is 16.4. The van der Waals surface area contributed by atoms with Gasteiger partial charge in [0.25, 0.3) is 0 Å². The molecule has 0 aliphatic rings. The molecule has 158 valence electrons. The standard InChI is InChI=1S/C20H26N4O3.C2H6/c1-3-4-7-16-23-17-18(24(16)10-5-6-11-25)14-9-8-13(20(26)27)12-15(14)22-19(17)21-2;1-2/h8-9,12,25H,3-7,10-11H2,1-2H3,(H,21,22)(H,26,27);1-2H3. The molecule has 0 bridgehead atoms. The highest BCUT2D eigenvalue weighted by Gasteiger charge is 2.18. The number of carbonyl (C=O) groups is 1. The summed E-state index contributed by atoms with van der Waals surface area (Å²) in [7, 11) is 1.80. The molecular weight excluding hydrogens is 368 g/mol. The molecule has 0 saturated heterocycles. The molecule has 0 radical (unpaired) electrons. The normalized spacial score (nSPS) is 10.8. The van der Waals surface area contributed by atoms with Crippen LogP contribution in [0.3, 0.4) is 0 Å². The lowest BCUT2D eigenvalue weighted by molar-refractivity contribution is 0.0697. The summed E-state index contributed by atoms with van der Waals surface area (Å²) in [6.07, 6.45) is 4.60. The fraction of sp³-hybridized carbons (Fsp3) is 0.500. The van der Waals surface area contributed by atoms with E-state index in [0.717, 1.165) is 60.9 Å². The van der Waals surface area contributed by atoms with E-state index in [2.05, 4.69) is 21.8 Å². The second-order valence-corrected chi connectivity index (χ2v) is 6.66. The molecule has 0 spiro atoms. The predicted octanol–water partition coefficient (Wildman–Crippen LogP) is 4.47. The van der Waals surface area contributed by atoms with Crippen LogP contribution in [-0.4, -0.2) is 44.4 Å². The lowest BCUT2D eigenvalue weighted by Crippen LogP contribution is -2.06. The predicted molar refractivity (Wildman–Crippen MR) is 118 cm³/mol. The Kier molecular flexibility index (Phi) is 8.39. The van der Waals surface area contributed by atoms with Crippen molar-refractivity contribution in [3.63, 3.8) is 0 Å². The topological polar surface area (TPSA) is 100 Å². The van der Waals surface area contributed by atoms with E-state index in [1.165, 1.54) is 0 Å². The van der Waals surface area contributed by atoms with Crippen LogP contribution in [0.25, 0.3) is 21.9 Å². The maximum atomic E-state index is 11.3. The molecule has 0 fully saturated rings. The zero-order valence-corrected chi connectivity index (χ0v) is 17.8. The van der Waals surface area contributed by atoms with Gasteiger partial charge in [-0.05, 0) is 37.5 Å². The Morgan fingerprint density at radius 1 is 1.17 bits per heavy atom. The summed E-state index contributed by atoms with van der Waals surface area (Å²) in [5.74, 6) is 0.696. The van der Waals surface area contributed by atoms with E-state index in [-0.39, 0.29) is 12.2 Å². The number of carboxylic acids is 1. The molecule has 0 unspecified atom stereocenters. The van der Waals surface area contributed by atoms with E-state index < -0.39 is 5.97 Å². The van der Waals surface area contributed by atoms with Gasteiger partial charge in [-0.2, -0.15) is 0 Å². The Labute approximate surface area is 171 Å². The van der Waals surface area contributed by atoms with E-state index in [4.69, 9.17) is 10.1 Å². The summed E-state index contributed by atoms with van der Waals surface area (Å²) in [6.45, 7) is 7.09. The fourth-order valence-electron chi connectivity index (χ4n) is 3.39. The summed E-state index contributed by atoms with van der Waals surface area (Å²) in [6, 6.07) is 5.04. The number of unbranched alkanes of at least 4 members (excludes halogenated alkanes) is 2. The third-order valence-electron chi connectivity index (χ3n) is 4.78. The van der Waals surface area contributed by atoms with E-state index >= 15 is 0 Å². The van der Waals surface area contributed by atoms with Crippen molar-refractivity contribution < 1.29 is 15.0 Å². The Balaban J connectivity index is 0.00000145.